The average molecular weight is 335 g/mol. The number of phenols is 1. The van der Waals surface area contributed by atoms with Crippen LogP contribution in [0.4, 0.5) is 11.4 Å². The highest BCUT2D eigenvalue weighted by molar-refractivity contribution is 9.10. The first-order valence-electron chi connectivity index (χ1n) is 6.47. The molecule has 3 nitrogen and oxygen atoms in total. The number of hydrogen-bond donors (Lipinski definition) is 2. The van der Waals surface area contributed by atoms with Gasteiger partial charge in [-0.25, -0.2) is 0 Å². The predicted octanol–water partition coefficient (Wildman–Crippen LogP) is 4.14. The summed E-state index contributed by atoms with van der Waals surface area (Å²) >= 11 is 3.33. The van der Waals surface area contributed by atoms with E-state index in [1.165, 1.54) is 11.3 Å². The van der Waals surface area contributed by atoms with Gasteiger partial charge in [0.15, 0.2) is 0 Å². The summed E-state index contributed by atoms with van der Waals surface area (Å²) in [6.07, 6.45) is 0. The van der Waals surface area contributed by atoms with Gasteiger partial charge in [0.05, 0.1) is 4.47 Å². The number of nitrogens with zero attached hydrogens (tertiary/aromatic N) is 1. The molecular formula is C16H19BrN2O. The molecule has 0 amide bonds. The third kappa shape index (κ3) is 3.25. The number of nitrogens with one attached hydrogen (secondary N) is 1. The zero-order valence-electron chi connectivity index (χ0n) is 11.9. The molecule has 0 saturated heterocycles. The smallest absolute Gasteiger partial charge is 0.134 e. The second-order valence-corrected chi connectivity index (χ2v) is 5.85. The molecule has 0 aliphatic carbocycles. The molecule has 2 rings (SSSR count). The molecule has 106 valence electrons. The minimum absolute atomic E-state index is 0.294. The molecule has 0 spiro atoms. The first-order valence-corrected chi connectivity index (χ1v) is 7.26. The quantitative estimate of drug-likeness (QED) is 0.881. The Morgan fingerprint density at radius 3 is 2.60 bits per heavy atom. The topological polar surface area (TPSA) is 35.5 Å². The van der Waals surface area contributed by atoms with E-state index in [0.717, 1.165) is 15.7 Å². The molecule has 0 bridgehead atoms. The number of phenolic OH excluding ortho intramolecular Hbond substituents is 1. The van der Waals surface area contributed by atoms with Gasteiger partial charge in [0.1, 0.15) is 5.75 Å². The van der Waals surface area contributed by atoms with Gasteiger partial charge in [-0.1, -0.05) is 12.1 Å². The van der Waals surface area contributed by atoms with Crippen molar-refractivity contribution < 1.29 is 5.11 Å². The van der Waals surface area contributed by atoms with E-state index in [1.54, 1.807) is 0 Å². The molecule has 0 aliphatic rings. The van der Waals surface area contributed by atoms with Gasteiger partial charge >= 0.3 is 0 Å². The van der Waals surface area contributed by atoms with E-state index in [4.69, 9.17) is 0 Å². The molecule has 0 fully saturated rings. The molecule has 4 heteroatoms. The Balaban J connectivity index is 2.13. The van der Waals surface area contributed by atoms with E-state index in [-0.39, 0.29) is 0 Å². The number of benzene rings is 2. The minimum Gasteiger partial charge on any atom is -0.506 e. The van der Waals surface area contributed by atoms with Crippen molar-refractivity contribution in [1.29, 1.82) is 0 Å². The number of anilines is 2. The van der Waals surface area contributed by atoms with Crippen LogP contribution in [0.5, 0.6) is 5.75 Å². The van der Waals surface area contributed by atoms with Crippen molar-refractivity contribution in [2.24, 2.45) is 0 Å². The Hall–Kier alpha value is -1.68. The van der Waals surface area contributed by atoms with Gasteiger partial charge in [-0.15, -0.1) is 0 Å². The highest BCUT2D eigenvalue weighted by atomic mass is 79.9. The Bertz CT molecular complexity index is 611. The Labute approximate surface area is 128 Å². The summed E-state index contributed by atoms with van der Waals surface area (Å²) in [5, 5.41) is 13.3. The van der Waals surface area contributed by atoms with E-state index >= 15 is 0 Å². The van der Waals surface area contributed by atoms with Crippen LogP contribution in [0.15, 0.2) is 40.9 Å². The van der Waals surface area contributed by atoms with Crippen molar-refractivity contribution in [3.63, 3.8) is 0 Å². The number of halogens is 1. The van der Waals surface area contributed by atoms with Crippen LogP contribution < -0.4 is 10.2 Å². The van der Waals surface area contributed by atoms with Crippen molar-refractivity contribution in [2.75, 3.05) is 24.3 Å². The van der Waals surface area contributed by atoms with Crippen LogP contribution in [0.3, 0.4) is 0 Å². The maximum atomic E-state index is 9.97. The van der Waals surface area contributed by atoms with Crippen molar-refractivity contribution in [3.8, 4) is 5.75 Å². The molecular weight excluding hydrogens is 316 g/mol. The van der Waals surface area contributed by atoms with Crippen LogP contribution in [-0.2, 0) is 6.54 Å². The van der Waals surface area contributed by atoms with Gasteiger partial charge in [-0.2, -0.15) is 0 Å². The van der Waals surface area contributed by atoms with Crippen molar-refractivity contribution in [1.82, 2.24) is 0 Å². The van der Waals surface area contributed by atoms with Crippen LogP contribution in [-0.4, -0.2) is 19.2 Å². The standard InChI is InChI=1S/C16H19BrN2O/c1-11-9-13(19(2)3)7-8-15(11)18-10-12-5-4-6-14(17)16(12)20/h4-9,18,20H,10H2,1-3H3. The normalized spacial score (nSPS) is 10.4. The summed E-state index contributed by atoms with van der Waals surface area (Å²) in [6.45, 7) is 2.67. The third-order valence-electron chi connectivity index (χ3n) is 3.27. The highest BCUT2D eigenvalue weighted by Gasteiger charge is 2.06. The lowest BCUT2D eigenvalue weighted by Crippen LogP contribution is -2.09. The summed E-state index contributed by atoms with van der Waals surface area (Å²) in [5.41, 5.74) is 4.31. The lowest BCUT2D eigenvalue weighted by Gasteiger charge is -2.16. The molecule has 2 aromatic rings. The van der Waals surface area contributed by atoms with E-state index in [9.17, 15) is 5.11 Å². The lowest BCUT2D eigenvalue weighted by atomic mass is 10.1. The van der Waals surface area contributed by atoms with Crippen LogP contribution in [0.2, 0.25) is 0 Å². The van der Waals surface area contributed by atoms with Crippen molar-refractivity contribution >= 4 is 27.3 Å². The Morgan fingerprint density at radius 1 is 1.20 bits per heavy atom. The molecule has 0 heterocycles. The Kier molecular flexibility index (Phi) is 4.55. The first-order chi connectivity index (χ1) is 9.49. The molecule has 0 aliphatic heterocycles. The fourth-order valence-corrected chi connectivity index (χ4v) is 2.42. The largest absolute Gasteiger partial charge is 0.506 e. The molecule has 0 saturated carbocycles. The summed E-state index contributed by atoms with van der Waals surface area (Å²) < 4.78 is 0.719. The van der Waals surface area contributed by atoms with Gasteiger partial charge in [0, 0.05) is 37.6 Å². The number of aryl methyl sites for hydroxylation is 1. The maximum absolute atomic E-state index is 9.97. The van der Waals surface area contributed by atoms with Gasteiger partial charge in [0.2, 0.25) is 0 Å². The minimum atomic E-state index is 0.294. The van der Waals surface area contributed by atoms with Crippen LogP contribution in [0.1, 0.15) is 11.1 Å². The lowest BCUT2D eigenvalue weighted by molar-refractivity contribution is 0.465. The van der Waals surface area contributed by atoms with E-state index in [0.29, 0.717) is 12.3 Å². The molecule has 0 radical (unpaired) electrons. The highest BCUT2D eigenvalue weighted by Crippen LogP contribution is 2.28. The third-order valence-corrected chi connectivity index (χ3v) is 3.91. The summed E-state index contributed by atoms with van der Waals surface area (Å²) in [4.78, 5) is 2.08. The molecule has 0 unspecified atom stereocenters. The fourth-order valence-electron chi connectivity index (χ4n) is 2.02. The summed E-state index contributed by atoms with van der Waals surface area (Å²) in [5.74, 6) is 0.294. The van der Waals surface area contributed by atoms with Crippen molar-refractivity contribution in [2.45, 2.75) is 13.5 Å². The summed E-state index contributed by atoms with van der Waals surface area (Å²) in [7, 11) is 4.06. The number of hydrogen-bond acceptors (Lipinski definition) is 3. The Morgan fingerprint density at radius 2 is 1.95 bits per heavy atom. The van der Waals surface area contributed by atoms with Crippen molar-refractivity contribution in [3.05, 3.63) is 52.0 Å². The fraction of sp³-hybridized carbons (Fsp3) is 0.250. The number of aromatic hydroxyl groups is 1. The van der Waals surface area contributed by atoms with Gasteiger partial charge in [-0.3, -0.25) is 0 Å². The zero-order valence-corrected chi connectivity index (χ0v) is 13.5. The second kappa shape index (κ2) is 6.18. The van der Waals surface area contributed by atoms with Gasteiger partial charge < -0.3 is 15.3 Å². The molecule has 2 aromatic carbocycles. The van der Waals surface area contributed by atoms with E-state index < -0.39 is 0 Å². The maximum Gasteiger partial charge on any atom is 0.134 e. The van der Waals surface area contributed by atoms with Crippen LogP contribution in [0, 0.1) is 6.92 Å². The SMILES string of the molecule is Cc1cc(N(C)C)ccc1NCc1cccc(Br)c1O. The molecule has 20 heavy (non-hydrogen) atoms. The average Bonchev–Trinajstić information content (AvgIpc) is 2.41. The summed E-state index contributed by atoms with van der Waals surface area (Å²) in [6, 6.07) is 12.0. The predicted molar refractivity (Wildman–Crippen MR) is 88.6 cm³/mol. The molecule has 0 aromatic heterocycles. The van der Waals surface area contributed by atoms with E-state index in [2.05, 4.69) is 51.3 Å². The molecule has 0 atom stereocenters. The van der Waals surface area contributed by atoms with Gasteiger partial charge in [0.25, 0.3) is 0 Å². The second-order valence-electron chi connectivity index (χ2n) is 4.99. The monoisotopic (exact) mass is 334 g/mol. The van der Waals surface area contributed by atoms with E-state index in [1.807, 2.05) is 32.3 Å². The first kappa shape index (κ1) is 14.7. The number of rotatable bonds is 4. The zero-order chi connectivity index (χ0) is 14.7. The molecule has 2 N–H and O–H groups in total. The number of para-hydroxylation sites is 1. The van der Waals surface area contributed by atoms with Crippen LogP contribution in [0.25, 0.3) is 0 Å². The van der Waals surface area contributed by atoms with Crippen LogP contribution >= 0.6 is 15.9 Å². The van der Waals surface area contributed by atoms with Gasteiger partial charge in [-0.05, 0) is 52.7 Å².